The summed E-state index contributed by atoms with van der Waals surface area (Å²) in [6.07, 6.45) is 3.33. The van der Waals surface area contributed by atoms with Gasteiger partial charge in [0.1, 0.15) is 0 Å². The van der Waals surface area contributed by atoms with Crippen LogP contribution in [0.4, 0.5) is 13.2 Å². The maximum absolute atomic E-state index is 12.9. The largest absolute Gasteiger partial charge is 0.416 e. The van der Waals surface area contributed by atoms with Gasteiger partial charge in [-0.3, -0.25) is 4.79 Å². The van der Waals surface area contributed by atoms with Crippen LogP contribution in [0.1, 0.15) is 30.9 Å². The first-order valence-electron chi connectivity index (χ1n) is 10.0. The highest BCUT2D eigenvalue weighted by Gasteiger charge is 2.30. The molecule has 0 saturated carbocycles. The fourth-order valence-electron chi connectivity index (χ4n) is 3.42. The van der Waals surface area contributed by atoms with Crippen LogP contribution in [0.2, 0.25) is 0 Å². The lowest BCUT2D eigenvalue weighted by Crippen LogP contribution is -2.45. The lowest BCUT2D eigenvalue weighted by atomic mass is 10.0. The van der Waals surface area contributed by atoms with Crippen molar-refractivity contribution in [1.82, 2.24) is 9.80 Å². The second-order valence-electron chi connectivity index (χ2n) is 7.74. The van der Waals surface area contributed by atoms with Gasteiger partial charge in [-0.1, -0.05) is 30.9 Å². The van der Waals surface area contributed by atoms with E-state index in [9.17, 15) is 18.0 Å². The van der Waals surface area contributed by atoms with Crippen molar-refractivity contribution in [2.45, 2.75) is 38.4 Å². The molecule has 7 heteroatoms. The molecule has 0 spiro atoms. The first-order chi connectivity index (χ1) is 14.1. The molecule has 30 heavy (non-hydrogen) atoms. The van der Waals surface area contributed by atoms with Gasteiger partial charge in [0.2, 0.25) is 5.91 Å². The molecule has 1 atom stereocenters. The van der Waals surface area contributed by atoms with Crippen molar-refractivity contribution in [2.75, 3.05) is 26.7 Å². The number of likely N-dealkylation sites (N-methyl/N-ethyl adjacent to an activating group) is 1. The minimum Gasteiger partial charge on any atom is -0.402 e. The Labute approximate surface area is 176 Å². The molecule has 164 valence electrons. The summed E-state index contributed by atoms with van der Waals surface area (Å²) in [5, 5.41) is 0. The molecule has 1 aliphatic heterocycles. The molecule has 0 aromatic heterocycles. The molecule has 0 unspecified atom stereocenters. The molecule has 1 aromatic rings. The molecular formula is C23H30F3N3O. The van der Waals surface area contributed by atoms with E-state index in [4.69, 9.17) is 5.73 Å². The first kappa shape index (κ1) is 23.7. The standard InChI is InChI=1S/C23H30F3N3O/c1-17(7-6-8-18(2)27)21(16-29-13-4-5-14-29)28(3)22(30)15-19-9-11-20(12-10-19)23(24,25)26/h6-12,21H,1,4-5,13-16,27H2,2-3H3/b7-6-,18-8+/t21-/m1/s1. The second kappa shape index (κ2) is 10.5. The summed E-state index contributed by atoms with van der Waals surface area (Å²) < 4.78 is 38.2. The number of allylic oxidation sites excluding steroid dienone is 3. The Balaban J connectivity index is 2.11. The van der Waals surface area contributed by atoms with Crippen LogP contribution in [0.25, 0.3) is 0 Å². The van der Waals surface area contributed by atoms with Gasteiger partial charge in [0.25, 0.3) is 0 Å². The summed E-state index contributed by atoms with van der Waals surface area (Å²) in [7, 11) is 1.72. The maximum Gasteiger partial charge on any atom is 0.416 e. The summed E-state index contributed by atoms with van der Waals surface area (Å²) in [5.74, 6) is -0.168. The molecule has 0 bridgehead atoms. The van der Waals surface area contributed by atoms with Gasteiger partial charge in [0, 0.05) is 19.3 Å². The third-order valence-corrected chi connectivity index (χ3v) is 5.22. The van der Waals surface area contributed by atoms with Gasteiger partial charge in [-0.05, 0) is 62.2 Å². The molecule has 1 heterocycles. The lowest BCUT2D eigenvalue weighted by molar-refractivity contribution is -0.137. The number of halogens is 3. The summed E-state index contributed by atoms with van der Waals surface area (Å²) in [6.45, 7) is 8.56. The van der Waals surface area contributed by atoms with Gasteiger partial charge in [-0.2, -0.15) is 13.2 Å². The van der Waals surface area contributed by atoms with Crippen LogP contribution < -0.4 is 5.73 Å². The highest BCUT2D eigenvalue weighted by Crippen LogP contribution is 2.29. The number of carbonyl (C=O) groups excluding carboxylic acids is 1. The fraction of sp³-hybridized carbons (Fsp3) is 0.435. The average molecular weight is 422 g/mol. The average Bonchev–Trinajstić information content (AvgIpc) is 3.18. The number of rotatable bonds is 8. The molecule has 0 radical (unpaired) electrons. The number of nitrogens with zero attached hydrogens (tertiary/aromatic N) is 2. The van der Waals surface area contributed by atoms with E-state index >= 15 is 0 Å². The van der Waals surface area contributed by atoms with Gasteiger partial charge in [-0.15, -0.1) is 0 Å². The molecular weight excluding hydrogens is 391 g/mol. The number of nitrogens with two attached hydrogens (primary N) is 1. The SMILES string of the molecule is C=C(/C=C\C=C(/C)N)[C@@H](CN1CCCC1)N(C)C(=O)Cc1ccc(C(F)(F)F)cc1. The third kappa shape index (κ3) is 7.06. The van der Waals surface area contributed by atoms with Crippen molar-refractivity contribution in [3.05, 3.63) is 71.5 Å². The number of amides is 1. The number of hydrogen-bond donors (Lipinski definition) is 1. The Kier molecular flexibility index (Phi) is 8.29. The normalized spacial score (nSPS) is 16.8. The van der Waals surface area contributed by atoms with Gasteiger partial charge in [0.05, 0.1) is 18.0 Å². The van der Waals surface area contributed by atoms with Gasteiger partial charge < -0.3 is 15.5 Å². The van der Waals surface area contributed by atoms with E-state index < -0.39 is 11.7 Å². The predicted molar refractivity (Wildman–Crippen MR) is 114 cm³/mol. The van der Waals surface area contributed by atoms with E-state index in [0.29, 0.717) is 17.8 Å². The van der Waals surface area contributed by atoms with Crippen molar-refractivity contribution < 1.29 is 18.0 Å². The fourth-order valence-corrected chi connectivity index (χ4v) is 3.42. The molecule has 0 aliphatic carbocycles. The molecule has 2 N–H and O–H groups in total. The zero-order chi connectivity index (χ0) is 22.3. The summed E-state index contributed by atoms with van der Waals surface area (Å²) in [6, 6.07) is 4.50. The molecule has 1 amide bonds. The van der Waals surface area contributed by atoms with Crippen molar-refractivity contribution in [3.8, 4) is 0 Å². The first-order valence-corrected chi connectivity index (χ1v) is 10.0. The minimum atomic E-state index is -4.39. The Morgan fingerprint density at radius 3 is 2.40 bits per heavy atom. The molecule has 1 saturated heterocycles. The predicted octanol–water partition coefficient (Wildman–Crippen LogP) is 4.15. The molecule has 2 rings (SSSR count). The summed E-state index contributed by atoms with van der Waals surface area (Å²) >= 11 is 0. The van der Waals surface area contributed by atoms with Crippen molar-refractivity contribution in [3.63, 3.8) is 0 Å². The minimum absolute atomic E-state index is 0.0317. The highest BCUT2D eigenvalue weighted by molar-refractivity contribution is 5.79. The van der Waals surface area contributed by atoms with Crippen LogP contribution >= 0.6 is 0 Å². The van der Waals surface area contributed by atoms with E-state index in [1.54, 1.807) is 24.9 Å². The number of benzene rings is 1. The highest BCUT2D eigenvalue weighted by atomic mass is 19.4. The maximum atomic E-state index is 12.9. The van der Waals surface area contributed by atoms with Crippen LogP contribution in [0.3, 0.4) is 0 Å². The Hall–Kier alpha value is -2.54. The molecule has 1 aliphatic rings. The van der Waals surface area contributed by atoms with Crippen molar-refractivity contribution in [1.29, 1.82) is 0 Å². The molecule has 1 fully saturated rings. The van der Waals surface area contributed by atoms with E-state index in [1.807, 2.05) is 12.2 Å². The topological polar surface area (TPSA) is 49.6 Å². The van der Waals surface area contributed by atoms with E-state index in [1.165, 1.54) is 12.1 Å². The van der Waals surface area contributed by atoms with E-state index in [2.05, 4.69) is 11.5 Å². The quantitative estimate of drug-likeness (QED) is 0.642. The van der Waals surface area contributed by atoms with E-state index in [0.717, 1.165) is 43.6 Å². The van der Waals surface area contributed by atoms with Crippen LogP contribution in [0.15, 0.2) is 60.3 Å². The summed E-state index contributed by atoms with van der Waals surface area (Å²) in [4.78, 5) is 16.8. The number of alkyl halides is 3. The van der Waals surface area contributed by atoms with E-state index in [-0.39, 0.29) is 18.4 Å². The van der Waals surface area contributed by atoms with Crippen molar-refractivity contribution in [2.24, 2.45) is 5.73 Å². The monoisotopic (exact) mass is 421 g/mol. The smallest absolute Gasteiger partial charge is 0.402 e. The zero-order valence-electron chi connectivity index (χ0n) is 17.6. The zero-order valence-corrected chi connectivity index (χ0v) is 17.6. The second-order valence-corrected chi connectivity index (χ2v) is 7.74. The van der Waals surface area contributed by atoms with Crippen LogP contribution in [0.5, 0.6) is 0 Å². The third-order valence-electron chi connectivity index (χ3n) is 5.22. The van der Waals surface area contributed by atoms with Gasteiger partial charge in [0.15, 0.2) is 0 Å². The number of hydrogen-bond acceptors (Lipinski definition) is 3. The van der Waals surface area contributed by atoms with Gasteiger partial charge >= 0.3 is 6.18 Å². The summed E-state index contributed by atoms with van der Waals surface area (Å²) in [5.41, 5.74) is 6.93. The number of likely N-dealkylation sites (tertiary alicyclic amines) is 1. The Morgan fingerprint density at radius 1 is 1.27 bits per heavy atom. The molecule has 4 nitrogen and oxygen atoms in total. The van der Waals surface area contributed by atoms with Gasteiger partial charge in [-0.25, -0.2) is 0 Å². The Morgan fingerprint density at radius 2 is 1.87 bits per heavy atom. The Bertz CT molecular complexity index is 787. The number of carbonyl (C=O) groups is 1. The van der Waals surface area contributed by atoms with Crippen LogP contribution in [-0.4, -0.2) is 48.4 Å². The molecule has 1 aromatic carbocycles. The van der Waals surface area contributed by atoms with Crippen LogP contribution in [0, 0.1) is 0 Å². The lowest BCUT2D eigenvalue weighted by Gasteiger charge is -2.32. The van der Waals surface area contributed by atoms with Crippen LogP contribution in [-0.2, 0) is 17.4 Å². The van der Waals surface area contributed by atoms with Crippen molar-refractivity contribution >= 4 is 5.91 Å².